The highest BCUT2D eigenvalue weighted by molar-refractivity contribution is 5.77. The summed E-state index contributed by atoms with van der Waals surface area (Å²) in [7, 11) is 0. The average molecular weight is 299 g/mol. The molecule has 0 atom stereocenters. The maximum absolute atomic E-state index is 11.8. The summed E-state index contributed by atoms with van der Waals surface area (Å²) in [6.07, 6.45) is 15.3. The van der Waals surface area contributed by atoms with Gasteiger partial charge < -0.3 is 10.6 Å². The molecule has 0 bridgehead atoms. The third kappa shape index (κ3) is 12.9. The van der Waals surface area contributed by atoms with Crippen LogP contribution in [0.5, 0.6) is 0 Å². The first-order valence-electron chi connectivity index (χ1n) is 9.24. The molecule has 126 valence electrons. The minimum Gasteiger partial charge on any atom is -0.342 e. The fraction of sp³-hybridized carbons (Fsp3) is 0.944. The summed E-state index contributed by atoms with van der Waals surface area (Å²) >= 11 is 0. The molecule has 0 aliphatic rings. The third-order valence-electron chi connectivity index (χ3n) is 4.09. The van der Waals surface area contributed by atoms with Gasteiger partial charge in [0.25, 0.3) is 0 Å². The molecule has 0 aromatic rings. The molecular weight excluding hydrogens is 260 g/mol. The van der Waals surface area contributed by atoms with Crippen LogP contribution in [0, 0.1) is 0 Å². The van der Waals surface area contributed by atoms with Crippen molar-refractivity contribution in [2.24, 2.45) is 5.73 Å². The lowest BCUT2D eigenvalue weighted by Gasteiger charge is -2.22. The molecule has 2 N–H and O–H groups in total. The molecule has 21 heavy (non-hydrogen) atoms. The number of unbranched alkanes of at least 4 members (excludes halogenated alkanes) is 10. The van der Waals surface area contributed by atoms with Crippen LogP contribution < -0.4 is 5.73 Å². The fourth-order valence-electron chi connectivity index (χ4n) is 2.66. The van der Waals surface area contributed by atoms with Crippen LogP contribution in [-0.4, -0.2) is 30.4 Å². The topological polar surface area (TPSA) is 46.3 Å². The lowest BCUT2D eigenvalue weighted by Crippen LogP contribution is -2.37. The number of nitrogens with two attached hydrogens (primary N) is 1. The largest absolute Gasteiger partial charge is 0.342 e. The summed E-state index contributed by atoms with van der Waals surface area (Å²) in [5, 5.41) is 0. The van der Waals surface area contributed by atoms with E-state index in [9.17, 15) is 4.79 Å². The third-order valence-corrected chi connectivity index (χ3v) is 4.09. The number of nitrogens with zero attached hydrogens (tertiary/aromatic N) is 1. The molecule has 0 aromatic heterocycles. The standard InChI is InChI=1S/C18H38N2O/c1-3-5-7-9-11-13-15-20(18(21)17-19)16-14-12-10-8-6-4-2/h3-17,19H2,1-2H3. The number of hydrogen-bond donors (Lipinski definition) is 1. The number of carbonyl (C=O) groups excluding carboxylic acids is 1. The van der Waals surface area contributed by atoms with E-state index in [2.05, 4.69) is 13.8 Å². The zero-order valence-electron chi connectivity index (χ0n) is 14.5. The maximum atomic E-state index is 11.8. The Bertz CT molecular complexity index is 215. The second-order valence-electron chi connectivity index (χ2n) is 6.12. The molecule has 3 heteroatoms. The monoisotopic (exact) mass is 298 g/mol. The highest BCUT2D eigenvalue weighted by atomic mass is 16.2. The summed E-state index contributed by atoms with van der Waals surface area (Å²) < 4.78 is 0. The van der Waals surface area contributed by atoms with Crippen LogP contribution in [-0.2, 0) is 4.79 Å². The van der Waals surface area contributed by atoms with E-state index in [0.29, 0.717) is 0 Å². The molecule has 0 unspecified atom stereocenters. The van der Waals surface area contributed by atoms with Gasteiger partial charge in [-0.2, -0.15) is 0 Å². The fourth-order valence-corrected chi connectivity index (χ4v) is 2.66. The van der Waals surface area contributed by atoms with Gasteiger partial charge in [-0.25, -0.2) is 0 Å². The van der Waals surface area contributed by atoms with Gasteiger partial charge in [0.15, 0.2) is 0 Å². The Balaban J connectivity index is 3.70. The minimum atomic E-state index is 0.122. The second kappa shape index (κ2) is 15.8. The highest BCUT2D eigenvalue weighted by Gasteiger charge is 2.10. The van der Waals surface area contributed by atoms with Crippen molar-refractivity contribution in [1.29, 1.82) is 0 Å². The van der Waals surface area contributed by atoms with Crippen LogP contribution >= 0.6 is 0 Å². The Morgan fingerprint density at radius 3 is 1.48 bits per heavy atom. The molecule has 0 saturated heterocycles. The van der Waals surface area contributed by atoms with Crippen molar-refractivity contribution in [2.45, 2.75) is 90.9 Å². The van der Waals surface area contributed by atoms with E-state index < -0.39 is 0 Å². The minimum absolute atomic E-state index is 0.122. The first-order valence-corrected chi connectivity index (χ1v) is 9.24. The van der Waals surface area contributed by atoms with E-state index in [4.69, 9.17) is 5.73 Å². The predicted octanol–water partition coefficient (Wildman–Crippen LogP) is 4.49. The molecule has 0 radical (unpaired) electrons. The van der Waals surface area contributed by atoms with Gasteiger partial charge in [0.1, 0.15) is 0 Å². The second-order valence-corrected chi connectivity index (χ2v) is 6.12. The van der Waals surface area contributed by atoms with E-state index in [-0.39, 0.29) is 12.5 Å². The van der Waals surface area contributed by atoms with Crippen LogP contribution in [0.25, 0.3) is 0 Å². The van der Waals surface area contributed by atoms with Gasteiger partial charge in [-0.15, -0.1) is 0 Å². The van der Waals surface area contributed by atoms with Crippen molar-refractivity contribution in [3.8, 4) is 0 Å². The van der Waals surface area contributed by atoms with Gasteiger partial charge in [-0.3, -0.25) is 4.79 Å². The van der Waals surface area contributed by atoms with Crippen molar-refractivity contribution in [3.63, 3.8) is 0 Å². The Hall–Kier alpha value is -0.570. The molecule has 0 aliphatic carbocycles. The van der Waals surface area contributed by atoms with E-state index >= 15 is 0 Å². The first kappa shape index (κ1) is 20.4. The maximum Gasteiger partial charge on any atom is 0.236 e. The lowest BCUT2D eigenvalue weighted by molar-refractivity contribution is -0.129. The summed E-state index contributed by atoms with van der Waals surface area (Å²) in [6, 6.07) is 0. The molecule has 0 saturated carbocycles. The van der Waals surface area contributed by atoms with E-state index in [1.165, 1.54) is 64.2 Å². The molecule has 0 spiro atoms. The van der Waals surface area contributed by atoms with Crippen molar-refractivity contribution in [1.82, 2.24) is 4.90 Å². The Kier molecular flexibility index (Phi) is 15.4. The molecule has 0 rings (SSSR count). The Morgan fingerprint density at radius 1 is 0.714 bits per heavy atom. The van der Waals surface area contributed by atoms with Crippen molar-refractivity contribution in [2.75, 3.05) is 19.6 Å². The number of hydrogen-bond acceptors (Lipinski definition) is 2. The summed E-state index contributed by atoms with van der Waals surface area (Å²) in [6.45, 7) is 6.43. The molecule has 0 fully saturated rings. The quantitative estimate of drug-likeness (QED) is 0.453. The normalized spacial score (nSPS) is 10.8. The van der Waals surface area contributed by atoms with Crippen LogP contribution in [0.15, 0.2) is 0 Å². The van der Waals surface area contributed by atoms with Gasteiger partial charge in [-0.05, 0) is 12.8 Å². The van der Waals surface area contributed by atoms with Crippen LogP contribution in [0.1, 0.15) is 90.9 Å². The van der Waals surface area contributed by atoms with Gasteiger partial charge in [0.05, 0.1) is 6.54 Å². The molecule has 0 aliphatic heterocycles. The number of rotatable bonds is 15. The molecule has 0 aromatic carbocycles. The lowest BCUT2D eigenvalue weighted by atomic mass is 10.1. The molecule has 0 heterocycles. The predicted molar refractivity (Wildman–Crippen MR) is 92.4 cm³/mol. The number of carbonyl (C=O) groups is 1. The molecule has 1 amide bonds. The van der Waals surface area contributed by atoms with Gasteiger partial charge in [-0.1, -0.05) is 78.1 Å². The van der Waals surface area contributed by atoms with Gasteiger partial charge in [0.2, 0.25) is 5.91 Å². The van der Waals surface area contributed by atoms with E-state index in [1.54, 1.807) is 0 Å². The van der Waals surface area contributed by atoms with Crippen LogP contribution in [0.4, 0.5) is 0 Å². The van der Waals surface area contributed by atoms with Crippen LogP contribution in [0.2, 0.25) is 0 Å². The molecular formula is C18H38N2O. The van der Waals surface area contributed by atoms with Gasteiger partial charge >= 0.3 is 0 Å². The number of amides is 1. The molecule has 3 nitrogen and oxygen atoms in total. The summed E-state index contributed by atoms with van der Waals surface area (Å²) in [5.41, 5.74) is 5.52. The average Bonchev–Trinajstić information content (AvgIpc) is 2.51. The van der Waals surface area contributed by atoms with Crippen LogP contribution in [0.3, 0.4) is 0 Å². The smallest absolute Gasteiger partial charge is 0.236 e. The summed E-state index contributed by atoms with van der Waals surface area (Å²) in [5.74, 6) is 0.122. The summed E-state index contributed by atoms with van der Waals surface area (Å²) in [4.78, 5) is 13.8. The Morgan fingerprint density at radius 2 is 1.10 bits per heavy atom. The SMILES string of the molecule is CCCCCCCCN(CCCCCCCC)C(=O)CN. The zero-order valence-corrected chi connectivity index (χ0v) is 14.5. The van der Waals surface area contributed by atoms with Crippen molar-refractivity contribution < 1.29 is 4.79 Å². The Labute approximate surface area is 132 Å². The highest BCUT2D eigenvalue weighted by Crippen LogP contribution is 2.09. The van der Waals surface area contributed by atoms with Crippen molar-refractivity contribution in [3.05, 3.63) is 0 Å². The van der Waals surface area contributed by atoms with Crippen molar-refractivity contribution >= 4 is 5.91 Å². The zero-order chi connectivity index (χ0) is 15.8. The van der Waals surface area contributed by atoms with Gasteiger partial charge in [0, 0.05) is 13.1 Å². The first-order chi connectivity index (χ1) is 10.3. The van der Waals surface area contributed by atoms with E-state index in [0.717, 1.165) is 25.9 Å². The van der Waals surface area contributed by atoms with E-state index in [1.807, 2.05) is 4.90 Å².